The Morgan fingerprint density at radius 3 is 2.48 bits per heavy atom. The molecule has 1 saturated heterocycles. The minimum absolute atomic E-state index is 0.119. The highest BCUT2D eigenvalue weighted by Crippen LogP contribution is 2.36. The van der Waals surface area contributed by atoms with E-state index >= 15 is 0 Å². The van der Waals surface area contributed by atoms with Crippen LogP contribution >= 0.6 is 0 Å². The van der Waals surface area contributed by atoms with E-state index in [4.69, 9.17) is 4.74 Å². The number of hydrogen-bond donors (Lipinski definition) is 1. The first-order valence-electron chi connectivity index (χ1n) is 10.7. The van der Waals surface area contributed by atoms with Crippen molar-refractivity contribution in [2.75, 3.05) is 27.2 Å². The van der Waals surface area contributed by atoms with E-state index in [-0.39, 0.29) is 5.91 Å². The number of ether oxygens (including phenoxy) is 1. The standard InChI is InChI=1S/C26H29N3O2/c1-27-25(30)26(13-16-29(19-26)18-23-5-3-4-6-24(23)31-2)17-20-7-9-21(10-8-20)22-11-14-28-15-12-22/h3-12,14-15H,13,16-19H2,1-2H3,(H,27,30). The number of amides is 1. The van der Waals surface area contributed by atoms with Gasteiger partial charge in [-0.1, -0.05) is 42.5 Å². The number of benzene rings is 2. The van der Waals surface area contributed by atoms with Gasteiger partial charge in [-0.25, -0.2) is 0 Å². The van der Waals surface area contributed by atoms with E-state index in [2.05, 4.69) is 45.5 Å². The Hall–Kier alpha value is -3.18. The smallest absolute Gasteiger partial charge is 0.227 e. The highest BCUT2D eigenvalue weighted by atomic mass is 16.5. The van der Waals surface area contributed by atoms with Crippen molar-refractivity contribution in [3.63, 3.8) is 0 Å². The molecule has 2 aromatic carbocycles. The lowest BCUT2D eigenvalue weighted by molar-refractivity contribution is -0.130. The number of pyridine rings is 1. The van der Waals surface area contributed by atoms with Gasteiger partial charge in [-0.15, -0.1) is 0 Å². The maximum Gasteiger partial charge on any atom is 0.227 e. The second kappa shape index (κ2) is 9.31. The molecular formula is C26H29N3O2. The van der Waals surface area contributed by atoms with Gasteiger partial charge in [0.2, 0.25) is 5.91 Å². The lowest BCUT2D eigenvalue weighted by Crippen LogP contribution is -2.43. The van der Waals surface area contributed by atoms with Crippen molar-refractivity contribution >= 4 is 5.91 Å². The second-order valence-electron chi connectivity index (χ2n) is 8.24. The van der Waals surface area contributed by atoms with Gasteiger partial charge in [0.25, 0.3) is 0 Å². The maximum atomic E-state index is 13.0. The number of hydrogen-bond acceptors (Lipinski definition) is 4. The molecule has 0 bridgehead atoms. The topological polar surface area (TPSA) is 54.5 Å². The zero-order valence-corrected chi connectivity index (χ0v) is 18.2. The summed E-state index contributed by atoms with van der Waals surface area (Å²) in [5, 5.41) is 2.91. The van der Waals surface area contributed by atoms with Gasteiger partial charge in [0.1, 0.15) is 5.75 Å². The number of para-hydroxylation sites is 1. The number of rotatable bonds is 7. The number of likely N-dealkylation sites (tertiary alicyclic amines) is 1. The van der Waals surface area contributed by atoms with Crippen molar-refractivity contribution < 1.29 is 9.53 Å². The van der Waals surface area contributed by atoms with Gasteiger partial charge in [0.15, 0.2) is 0 Å². The first-order chi connectivity index (χ1) is 15.1. The summed E-state index contributed by atoms with van der Waals surface area (Å²) in [6.45, 7) is 2.40. The van der Waals surface area contributed by atoms with Crippen LogP contribution < -0.4 is 10.1 Å². The predicted octanol–water partition coefficient (Wildman–Crippen LogP) is 3.94. The molecule has 1 aliphatic heterocycles. The van der Waals surface area contributed by atoms with Crippen LogP contribution in [0.5, 0.6) is 5.75 Å². The van der Waals surface area contributed by atoms with Gasteiger partial charge < -0.3 is 10.1 Å². The van der Waals surface area contributed by atoms with E-state index in [1.807, 2.05) is 30.3 Å². The Kier molecular flexibility index (Phi) is 6.33. The fourth-order valence-electron chi connectivity index (χ4n) is 4.59. The molecule has 160 valence electrons. The summed E-state index contributed by atoms with van der Waals surface area (Å²) in [6, 6.07) is 20.7. The molecule has 4 rings (SSSR count). The van der Waals surface area contributed by atoms with Crippen molar-refractivity contribution in [3.05, 3.63) is 84.2 Å². The van der Waals surface area contributed by atoms with Crippen LogP contribution in [0, 0.1) is 5.41 Å². The predicted molar refractivity (Wildman–Crippen MR) is 123 cm³/mol. The van der Waals surface area contributed by atoms with Crippen LogP contribution in [-0.2, 0) is 17.8 Å². The number of nitrogens with one attached hydrogen (secondary N) is 1. The molecule has 0 radical (unpaired) electrons. The molecule has 31 heavy (non-hydrogen) atoms. The van der Waals surface area contributed by atoms with Gasteiger partial charge in [-0.2, -0.15) is 0 Å². The summed E-state index contributed by atoms with van der Waals surface area (Å²) in [5.41, 5.74) is 4.21. The molecule has 1 aliphatic rings. The number of carbonyl (C=O) groups excluding carboxylic acids is 1. The molecule has 0 saturated carbocycles. The summed E-state index contributed by atoms with van der Waals surface area (Å²) >= 11 is 0. The fraction of sp³-hybridized carbons (Fsp3) is 0.308. The minimum atomic E-state index is -0.422. The first kappa shape index (κ1) is 21.1. The van der Waals surface area contributed by atoms with Gasteiger partial charge in [0.05, 0.1) is 12.5 Å². The summed E-state index contributed by atoms with van der Waals surface area (Å²) in [4.78, 5) is 19.4. The molecular weight excluding hydrogens is 386 g/mol. The highest BCUT2D eigenvalue weighted by Gasteiger charge is 2.44. The Labute approximate surface area is 184 Å². The summed E-state index contributed by atoms with van der Waals surface area (Å²) in [7, 11) is 3.44. The molecule has 1 fully saturated rings. The Bertz CT molecular complexity index is 1020. The van der Waals surface area contributed by atoms with Crippen LogP contribution in [0.2, 0.25) is 0 Å². The zero-order chi connectivity index (χ0) is 21.7. The van der Waals surface area contributed by atoms with E-state index in [9.17, 15) is 4.79 Å². The largest absolute Gasteiger partial charge is 0.496 e. The van der Waals surface area contributed by atoms with E-state index < -0.39 is 5.41 Å². The normalized spacial score (nSPS) is 18.6. The summed E-state index contributed by atoms with van der Waals surface area (Å²) in [6.07, 6.45) is 5.18. The molecule has 5 nitrogen and oxygen atoms in total. The van der Waals surface area contributed by atoms with Gasteiger partial charge in [-0.3, -0.25) is 14.7 Å². The van der Waals surface area contributed by atoms with Gasteiger partial charge in [0, 0.05) is 38.1 Å². The Balaban J connectivity index is 1.50. The van der Waals surface area contributed by atoms with Crippen LogP contribution in [0.4, 0.5) is 0 Å². The Morgan fingerprint density at radius 2 is 1.77 bits per heavy atom. The molecule has 0 spiro atoms. The van der Waals surface area contributed by atoms with Crippen LogP contribution in [0.1, 0.15) is 17.5 Å². The third-order valence-corrected chi connectivity index (χ3v) is 6.24. The molecule has 1 atom stereocenters. The first-order valence-corrected chi connectivity index (χ1v) is 10.7. The van der Waals surface area contributed by atoms with Crippen molar-refractivity contribution in [2.24, 2.45) is 5.41 Å². The molecule has 1 N–H and O–H groups in total. The second-order valence-corrected chi connectivity index (χ2v) is 8.24. The number of nitrogens with zero attached hydrogens (tertiary/aromatic N) is 2. The average Bonchev–Trinajstić information content (AvgIpc) is 3.23. The van der Waals surface area contributed by atoms with Crippen LogP contribution in [-0.4, -0.2) is 43.0 Å². The number of aromatic nitrogens is 1. The summed E-state index contributed by atoms with van der Waals surface area (Å²) in [5.74, 6) is 1.01. The molecule has 2 heterocycles. The molecule has 3 aromatic rings. The SMILES string of the molecule is CNC(=O)C1(Cc2ccc(-c3ccncc3)cc2)CCN(Cc2ccccc2OC)C1. The lowest BCUT2D eigenvalue weighted by Gasteiger charge is -2.28. The third-order valence-electron chi connectivity index (χ3n) is 6.24. The monoisotopic (exact) mass is 415 g/mol. The fourth-order valence-corrected chi connectivity index (χ4v) is 4.59. The maximum absolute atomic E-state index is 13.0. The average molecular weight is 416 g/mol. The van der Waals surface area contributed by atoms with Crippen molar-refractivity contribution in [1.82, 2.24) is 15.2 Å². The van der Waals surface area contributed by atoms with Gasteiger partial charge >= 0.3 is 0 Å². The van der Waals surface area contributed by atoms with Gasteiger partial charge in [-0.05, 0) is 54.3 Å². The van der Waals surface area contributed by atoms with E-state index in [0.717, 1.165) is 54.9 Å². The van der Waals surface area contributed by atoms with Crippen LogP contribution in [0.3, 0.4) is 0 Å². The van der Waals surface area contributed by atoms with Crippen molar-refractivity contribution in [3.8, 4) is 16.9 Å². The molecule has 5 heteroatoms. The van der Waals surface area contributed by atoms with Crippen molar-refractivity contribution in [1.29, 1.82) is 0 Å². The van der Waals surface area contributed by atoms with E-state index in [1.54, 1.807) is 26.6 Å². The minimum Gasteiger partial charge on any atom is -0.496 e. The molecule has 0 aliphatic carbocycles. The molecule has 1 amide bonds. The quantitative estimate of drug-likeness (QED) is 0.635. The third kappa shape index (κ3) is 4.62. The van der Waals surface area contributed by atoms with E-state index in [0.29, 0.717) is 0 Å². The summed E-state index contributed by atoms with van der Waals surface area (Å²) < 4.78 is 5.51. The zero-order valence-electron chi connectivity index (χ0n) is 18.2. The van der Waals surface area contributed by atoms with Crippen LogP contribution in [0.15, 0.2) is 73.1 Å². The molecule has 1 aromatic heterocycles. The molecule has 1 unspecified atom stereocenters. The Morgan fingerprint density at radius 1 is 1.06 bits per heavy atom. The van der Waals surface area contributed by atoms with E-state index in [1.165, 1.54) is 5.56 Å². The number of carbonyl (C=O) groups is 1. The van der Waals surface area contributed by atoms with Crippen LogP contribution in [0.25, 0.3) is 11.1 Å². The lowest BCUT2D eigenvalue weighted by atomic mass is 9.79. The number of methoxy groups -OCH3 is 1. The highest BCUT2D eigenvalue weighted by molar-refractivity contribution is 5.83. The van der Waals surface area contributed by atoms with Crippen molar-refractivity contribution in [2.45, 2.75) is 19.4 Å².